The summed E-state index contributed by atoms with van der Waals surface area (Å²) in [6, 6.07) is 7.07. The number of aryl methyl sites for hydroxylation is 1. The molecule has 0 spiro atoms. The fourth-order valence-corrected chi connectivity index (χ4v) is 1.79. The van der Waals surface area contributed by atoms with Crippen molar-refractivity contribution in [1.82, 2.24) is 15.1 Å². The SMILES string of the molecule is Cn1ncc(C(=O)NCCOc2cccc(Cl)c2)c1N. The number of nitrogen functional groups attached to an aromatic ring is 1. The Bertz CT molecular complexity index is 612. The van der Waals surface area contributed by atoms with E-state index < -0.39 is 0 Å². The smallest absolute Gasteiger partial charge is 0.256 e. The lowest BCUT2D eigenvalue weighted by Crippen LogP contribution is -2.28. The maximum absolute atomic E-state index is 11.8. The minimum absolute atomic E-state index is 0.273. The van der Waals surface area contributed by atoms with E-state index in [1.807, 2.05) is 0 Å². The molecule has 0 radical (unpaired) electrons. The quantitative estimate of drug-likeness (QED) is 0.818. The predicted octanol–water partition coefficient (Wildman–Crippen LogP) is 1.46. The Kier molecular flexibility index (Phi) is 4.47. The van der Waals surface area contributed by atoms with E-state index in [2.05, 4.69) is 10.4 Å². The minimum Gasteiger partial charge on any atom is -0.492 e. The van der Waals surface area contributed by atoms with Gasteiger partial charge in [-0.3, -0.25) is 9.48 Å². The molecule has 1 aromatic carbocycles. The van der Waals surface area contributed by atoms with Crippen LogP contribution < -0.4 is 15.8 Å². The van der Waals surface area contributed by atoms with Gasteiger partial charge in [0.1, 0.15) is 23.7 Å². The van der Waals surface area contributed by atoms with Crippen LogP contribution in [0.4, 0.5) is 5.82 Å². The Labute approximate surface area is 121 Å². The number of halogens is 1. The molecule has 0 aliphatic carbocycles. The van der Waals surface area contributed by atoms with Gasteiger partial charge in [0.2, 0.25) is 0 Å². The van der Waals surface area contributed by atoms with Crippen LogP contribution in [0.1, 0.15) is 10.4 Å². The summed E-state index contributed by atoms with van der Waals surface area (Å²) in [6.45, 7) is 0.700. The number of carbonyl (C=O) groups excluding carboxylic acids is 1. The van der Waals surface area contributed by atoms with Crippen LogP contribution in [0.3, 0.4) is 0 Å². The van der Waals surface area contributed by atoms with E-state index in [0.29, 0.717) is 35.3 Å². The summed E-state index contributed by atoms with van der Waals surface area (Å²) in [5, 5.41) is 7.22. The molecule has 20 heavy (non-hydrogen) atoms. The van der Waals surface area contributed by atoms with Crippen molar-refractivity contribution in [2.24, 2.45) is 7.05 Å². The number of ether oxygens (including phenoxy) is 1. The summed E-state index contributed by atoms with van der Waals surface area (Å²) in [5.74, 6) is 0.719. The second-order valence-corrected chi connectivity index (χ2v) is 4.57. The first-order chi connectivity index (χ1) is 9.58. The zero-order valence-electron chi connectivity index (χ0n) is 11.0. The second kappa shape index (κ2) is 6.29. The van der Waals surface area contributed by atoms with E-state index in [9.17, 15) is 4.79 Å². The van der Waals surface area contributed by atoms with Gasteiger partial charge in [-0.05, 0) is 18.2 Å². The molecule has 0 aliphatic rings. The van der Waals surface area contributed by atoms with E-state index in [0.717, 1.165) is 0 Å². The number of hydrogen-bond donors (Lipinski definition) is 2. The highest BCUT2D eigenvalue weighted by Gasteiger charge is 2.12. The van der Waals surface area contributed by atoms with E-state index in [1.165, 1.54) is 10.9 Å². The maximum Gasteiger partial charge on any atom is 0.256 e. The standard InChI is InChI=1S/C13H15ClN4O2/c1-18-12(15)11(8-17-18)13(19)16-5-6-20-10-4-2-3-9(14)7-10/h2-4,7-8H,5-6,15H2,1H3,(H,16,19). The van der Waals surface area contributed by atoms with Gasteiger partial charge < -0.3 is 15.8 Å². The molecule has 1 amide bonds. The number of amides is 1. The zero-order chi connectivity index (χ0) is 14.5. The van der Waals surface area contributed by atoms with Crippen molar-refractivity contribution in [1.29, 1.82) is 0 Å². The van der Waals surface area contributed by atoms with Crippen molar-refractivity contribution in [3.05, 3.63) is 41.0 Å². The van der Waals surface area contributed by atoms with Gasteiger partial charge in [-0.2, -0.15) is 5.10 Å². The molecule has 2 rings (SSSR count). The Hall–Kier alpha value is -2.21. The molecule has 7 heteroatoms. The molecule has 0 bridgehead atoms. The topological polar surface area (TPSA) is 82.2 Å². The molecular formula is C13H15ClN4O2. The summed E-state index contributed by atoms with van der Waals surface area (Å²) in [6.07, 6.45) is 1.43. The summed E-state index contributed by atoms with van der Waals surface area (Å²) in [7, 11) is 1.67. The third-order valence-electron chi connectivity index (χ3n) is 2.68. The first kappa shape index (κ1) is 14.2. The van der Waals surface area contributed by atoms with Gasteiger partial charge in [-0.1, -0.05) is 17.7 Å². The lowest BCUT2D eigenvalue weighted by atomic mass is 10.3. The first-order valence-corrected chi connectivity index (χ1v) is 6.40. The van der Waals surface area contributed by atoms with Crippen molar-refractivity contribution >= 4 is 23.3 Å². The van der Waals surface area contributed by atoms with Crippen molar-refractivity contribution < 1.29 is 9.53 Å². The largest absolute Gasteiger partial charge is 0.492 e. The van der Waals surface area contributed by atoms with Gasteiger partial charge in [-0.15, -0.1) is 0 Å². The predicted molar refractivity (Wildman–Crippen MR) is 76.9 cm³/mol. The molecule has 0 aliphatic heterocycles. The van der Waals surface area contributed by atoms with Crippen LogP contribution in [-0.4, -0.2) is 28.8 Å². The molecule has 106 valence electrons. The Balaban J connectivity index is 1.79. The Morgan fingerprint density at radius 1 is 1.55 bits per heavy atom. The summed E-state index contributed by atoms with van der Waals surface area (Å²) in [5.41, 5.74) is 6.07. The van der Waals surface area contributed by atoms with E-state index in [-0.39, 0.29) is 5.91 Å². The molecule has 0 saturated carbocycles. The van der Waals surface area contributed by atoms with Gasteiger partial charge >= 0.3 is 0 Å². The van der Waals surface area contributed by atoms with Crippen LogP contribution in [0.25, 0.3) is 0 Å². The van der Waals surface area contributed by atoms with E-state index in [1.54, 1.807) is 31.3 Å². The van der Waals surface area contributed by atoms with Crippen LogP contribution >= 0.6 is 11.6 Å². The lowest BCUT2D eigenvalue weighted by molar-refractivity contribution is 0.0948. The van der Waals surface area contributed by atoms with Crippen LogP contribution in [0.2, 0.25) is 5.02 Å². The average molecular weight is 295 g/mol. The highest BCUT2D eigenvalue weighted by atomic mass is 35.5. The minimum atomic E-state index is -0.273. The number of hydrogen-bond acceptors (Lipinski definition) is 4. The fraction of sp³-hybridized carbons (Fsp3) is 0.231. The Morgan fingerprint density at radius 2 is 2.35 bits per heavy atom. The van der Waals surface area contributed by atoms with E-state index >= 15 is 0 Å². The molecule has 2 aromatic rings. The molecule has 1 aromatic heterocycles. The van der Waals surface area contributed by atoms with E-state index in [4.69, 9.17) is 22.1 Å². The first-order valence-electron chi connectivity index (χ1n) is 6.02. The maximum atomic E-state index is 11.8. The van der Waals surface area contributed by atoms with Crippen LogP contribution in [0.5, 0.6) is 5.75 Å². The van der Waals surface area contributed by atoms with Gasteiger partial charge in [0.15, 0.2) is 0 Å². The molecular weight excluding hydrogens is 280 g/mol. The van der Waals surface area contributed by atoms with Crippen molar-refractivity contribution in [3.8, 4) is 5.75 Å². The number of benzene rings is 1. The van der Waals surface area contributed by atoms with Gasteiger partial charge in [-0.25, -0.2) is 0 Å². The third kappa shape index (κ3) is 3.42. The number of rotatable bonds is 5. The van der Waals surface area contributed by atoms with Crippen LogP contribution in [0, 0.1) is 0 Å². The highest BCUT2D eigenvalue weighted by molar-refractivity contribution is 6.30. The van der Waals surface area contributed by atoms with Gasteiger partial charge in [0.25, 0.3) is 5.91 Å². The monoisotopic (exact) mass is 294 g/mol. The second-order valence-electron chi connectivity index (χ2n) is 4.13. The summed E-state index contributed by atoms with van der Waals surface area (Å²) in [4.78, 5) is 11.8. The fourth-order valence-electron chi connectivity index (χ4n) is 1.61. The Morgan fingerprint density at radius 3 is 3.00 bits per heavy atom. The summed E-state index contributed by atoms with van der Waals surface area (Å²) >= 11 is 5.83. The lowest BCUT2D eigenvalue weighted by Gasteiger charge is -2.07. The van der Waals surface area contributed by atoms with Crippen LogP contribution in [-0.2, 0) is 7.05 Å². The van der Waals surface area contributed by atoms with Crippen molar-refractivity contribution in [3.63, 3.8) is 0 Å². The number of nitrogens with two attached hydrogens (primary N) is 1. The zero-order valence-corrected chi connectivity index (χ0v) is 11.7. The summed E-state index contributed by atoms with van der Waals surface area (Å²) < 4.78 is 6.90. The molecule has 0 unspecified atom stereocenters. The highest BCUT2D eigenvalue weighted by Crippen LogP contribution is 2.16. The number of nitrogens with zero attached hydrogens (tertiary/aromatic N) is 2. The van der Waals surface area contributed by atoms with Gasteiger partial charge in [0, 0.05) is 12.1 Å². The van der Waals surface area contributed by atoms with Crippen molar-refractivity contribution in [2.75, 3.05) is 18.9 Å². The number of carbonyl (C=O) groups is 1. The molecule has 0 saturated heterocycles. The number of aromatic nitrogens is 2. The van der Waals surface area contributed by atoms with Crippen LogP contribution in [0.15, 0.2) is 30.5 Å². The average Bonchev–Trinajstić information content (AvgIpc) is 2.75. The third-order valence-corrected chi connectivity index (χ3v) is 2.92. The number of anilines is 1. The molecule has 0 atom stereocenters. The number of nitrogens with one attached hydrogen (secondary N) is 1. The molecule has 0 fully saturated rings. The molecule has 1 heterocycles. The normalized spacial score (nSPS) is 10.3. The van der Waals surface area contributed by atoms with Gasteiger partial charge in [0.05, 0.1) is 12.7 Å². The molecule has 3 N–H and O–H groups in total. The molecule has 6 nitrogen and oxygen atoms in total. The van der Waals surface area contributed by atoms with Crippen molar-refractivity contribution in [2.45, 2.75) is 0 Å².